The van der Waals surface area contributed by atoms with Crippen molar-refractivity contribution in [2.45, 2.75) is 12.8 Å². The van der Waals surface area contributed by atoms with Gasteiger partial charge in [-0.15, -0.1) is 0 Å². The van der Waals surface area contributed by atoms with E-state index in [0.29, 0.717) is 5.69 Å². The van der Waals surface area contributed by atoms with E-state index in [-0.39, 0.29) is 11.8 Å². The van der Waals surface area contributed by atoms with Gasteiger partial charge in [-0.1, -0.05) is 12.1 Å². The number of anilines is 1. The highest BCUT2D eigenvalue weighted by molar-refractivity contribution is 5.81. The molecule has 4 N–H and O–H groups in total. The minimum absolute atomic E-state index is 0.270. The molecule has 0 spiro atoms. The Kier molecular flexibility index (Phi) is 2.33. The molecule has 0 unspecified atom stereocenters. The Morgan fingerprint density at radius 2 is 2.17 bits per heavy atom. The van der Waals surface area contributed by atoms with Crippen LogP contribution in [-0.4, -0.2) is 5.91 Å². The first-order valence-electron chi connectivity index (χ1n) is 3.76. The van der Waals surface area contributed by atoms with Crippen molar-refractivity contribution in [1.29, 1.82) is 0 Å². The molecule has 0 heterocycles. The fourth-order valence-electron chi connectivity index (χ4n) is 0.993. The Bertz CT molecular complexity index is 296. The molecule has 0 saturated heterocycles. The van der Waals surface area contributed by atoms with E-state index in [4.69, 9.17) is 11.5 Å². The summed E-state index contributed by atoms with van der Waals surface area (Å²) in [4.78, 5) is 10.8. The van der Waals surface area contributed by atoms with Crippen LogP contribution in [0.1, 0.15) is 18.4 Å². The van der Waals surface area contributed by atoms with E-state index in [1.165, 1.54) is 0 Å². The van der Waals surface area contributed by atoms with E-state index in [0.717, 1.165) is 5.56 Å². The van der Waals surface area contributed by atoms with Crippen LogP contribution < -0.4 is 11.5 Å². The Hall–Kier alpha value is -1.51. The third-order valence-corrected chi connectivity index (χ3v) is 1.84. The Morgan fingerprint density at radius 1 is 1.50 bits per heavy atom. The number of hydrogen-bond donors (Lipinski definition) is 2. The van der Waals surface area contributed by atoms with Gasteiger partial charge in [0.2, 0.25) is 5.91 Å². The SMILES string of the molecule is C[C@@H](C(N)=O)c1cccc(N)c1. The summed E-state index contributed by atoms with van der Waals surface area (Å²) in [5.41, 5.74) is 12.2. The Balaban J connectivity index is 2.95. The molecule has 3 heteroatoms. The van der Waals surface area contributed by atoms with Gasteiger partial charge in [0.25, 0.3) is 0 Å². The molecule has 3 nitrogen and oxygen atoms in total. The van der Waals surface area contributed by atoms with Crippen LogP contribution in [0.5, 0.6) is 0 Å². The summed E-state index contributed by atoms with van der Waals surface area (Å²) in [7, 11) is 0. The lowest BCUT2D eigenvalue weighted by molar-refractivity contribution is -0.119. The smallest absolute Gasteiger partial charge is 0.224 e. The molecule has 1 amide bonds. The van der Waals surface area contributed by atoms with E-state index in [1.54, 1.807) is 19.1 Å². The van der Waals surface area contributed by atoms with Crippen LogP contribution >= 0.6 is 0 Å². The van der Waals surface area contributed by atoms with Crippen LogP contribution in [0.2, 0.25) is 0 Å². The molecule has 0 fully saturated rings. The van der Waals surface area contributed by atoms with Gasteiger partial charge in [0.15, 0.2) is 0 Å². The van der Waals surface area contributed by atoms with Crippen molar-refractivity contribution >= 4 is 11.6 Å². The van der Waals surface area contributed by atoms with Gasteiger partial charge in [0, 0.05) is 5.69 Å². The Labute approximate surface area is 71.4 Å². The molecular weight excluding hydrogens is 152 g/mol. The number of nitrogens with two attached hydrogens (primary N) is 2. The van der Waals surface area contributed by atoms with Gasteiger partial charge in [0.1, 0.15) is 0 Å². The first-order chi connectivity index (χ1) is 5.61. The molecule has 1 atom stereocenters. The number of amides is 1. The summed E-state index contributed by atoms with van der Waals surface area (Å²) in [6.45, 7) is 1.76. The van der Waals surface area contributed by atoms with Crippen LogP contribution in [0, 0.1) is 0 Å². The quantitative estimate of drug-likeness (QED) is 0.636. The molecule has 0 aromatic heterocycles. The van der Waals surface area contributed by atoms with Gasteiger partial charge in [-0.3, -0.25) is 4.79 Å². The zero-order chi connectivity index (χ0) is 9.14. The summed E-state index contributed by atoms with van der Waals surface area (Å²) in [6, 6.07) is 7.18. The highest BCUT2D eigenvalue weighted by atomic mass is 16.1. The molecule has 0 aliphatic heterocycles. The average molecular weight is 164 g/mol. The second-order valence-electron chi connectivity index (χ2n) is 2.79. The number of benzene rings is 1. The van der Waals surface area contributed by atoms with Crippen molar-refractivity contribution in [3.05, 3.63) is 29.8 Å². The normalized spacial score (nSPS) is 12.4. The molecular formula is C9H12N2O. The Morgan fingerprint density at radius 3 is 2.67 bits per heavy atom. The van der Waals surface area contributed by atoms with Crippen LogP contribution in [0.4, 0.5) is 5.69 Å². The molecule has 0 saturated carbocycles. The maximum Gasteiger partial charge on any atom is 0.224 e. The van der Waals surface area contributed by atoms with Crippen LogP contribution in [0.25, 0.3) is 0 Å². The standard InChI is InChI=1S/C9H12N2O/c1-6(9(11)12)7-3-2-4-8(10)5-7/h2-6H,10H2,1H3,(H2,11,12)/t6-/m1/s1. The first kappa shape index (κ1) is 8.59. The van der Waals surface area contributed by atoms with Gasteiger partial charge in [-0.05, 0) is 24.6 Å². The van der Waals surface area contributed by atoms with Crippen LogP contribution in [0.3, 0.4) is 0 Å². The summed E-state index contributed by atoms with van der Waals surface area (Å²) < 4.78 is 0. The molecule has 12 heavy (non-hydrogen) atoms. The predicted octanol–water partition coefficient (Wildman–Crippen LogP) is 0.858. The van der Waals surface area contributed by atoms with E-state index in [9.17, 15) is 4.79 Å². The van der Waals surface area contributed by atoms with Crippen molar-refractivity contribution < 1.29 is 4.79 Å². The van der Waals surface area contributed by atoms with E-state index < -0.39 is 0 Å². The number of carbonyl (C=O) groups is 1. The zero-order valence-electron chi connectivity index (χ0n) is 6.95. The number of nitrogen functional groups attached to an aromatic ring is 1. The van der Waals surface area contributed by atoms with Gasteiger partial charge < -0.3 is 11.5 Å². The lowest BCUT2D eigenvalue weighted by Gasteiger charge is -2.07. The fourth-order valence-corrected chi connectivity index (χ4v) is 0.993. The van der Waals surface area contributed by atoms with Gasteiger partial charge >= 0.3 is 0 Å². The van der Waals surface area contributed by atoms with Crippen molar-refractivity contribution in [3.63, 3.8) is 0 Å². The third-order valence-electron chi connectivity index (χ3n) is 1.84. The second-order valence-corrected chi connectivity index (χ2v) is 2.79. The van der Waals surface area contributed by atoms with Crippen molar-refractivity contribution in [1.82, 2.24) is 0 Å². The third kappa shape index (κ3) is 1.75. The van der Waals surface area contributed by atoms with Crippen molar-refractivity contribution in [2.75, 3.05) is 5.73 Å². The van der Waals surface area contributed by atoms with Crippen molar-refractivity contribution in [2.24, 2.45) is 5.73 Å². The van der Waals surface area contributed by atoms with E-state index in [2.05, 4.69) is 0 Å². The van der Waals surface area contributed by atoms with Crippen LogP contribution in [-0.2, 0) is 4.79 Å². The molecule has 1 aromatic rings. The number of carbonyl (C=O) groups excluding carboxylic acids is 1. The van der Waals surface area contributed by atoms with Gasteiger partial charge in [0.05, 0.1) is 5.92 Å². The maximum absolute atomic E-state index is 10.8. The molecule has 1 aromatic carbocycles. The van der Waals surface area contributed by atoms with Gasteiger partial charge in [-0.2, -0.15) is 0 Å². The number of rotatable bonds is 2. The highest BCUT2D eigenvalue weighted by Gasteiger charge is 2.10. The van der Waals surface area contributed by atoms with Crippen molar-refractivity contribution in [3.8, 4) is 0 Å². The summed E-state index contributed by atoms with van der Waals surface area (Å²) in [5.74, 6) is -0.603. The summed E-state index contributed by atoms with van der Waals surface area (Å²) in [6.07, 6.45) is 0. The predicted molar refractivity (Wildman–Crippen MR) is 48.5 cm³/mol. The lowest BCUT2D eigenvalue weighted by atomic mass is 10.0. The highest BCUT2D eigenvalue weighted by Crippen LogP contribution is 2.16. The summed E-state index contributed by atoms with van der Waals surface area (Å²) >= 11 is 0. The topological polar surface area (TPSA) is 69.1 Å². The molecule has 0 aliphatic carbocycles. The average Bonchev–Trinajstić information content (AvgIpc) is 2.03. The maximum atomic E-state index is 10.8. The molecule has 0 bridgehead atoms. The number of hydrogen-bond acceptors (Lipinski definition) is 2. The number of primary amides is 1. The second kappa shape index (κ2) is 3.26. The minimum Gasteiger partial charge on any atom is -0.399 e. The van der Waals surface area contributed by atoms with Crippen LogP contribution in [0.15, 0.2) is 24.3 Å². The van der Waals surface area contributed by atoms with Gasteiger partial charge in [-0.25, -0.2) is 0 Å². The first-order valence-corrected chi connectivity index (χ1v) is 3.76. The summed E-state index contributed by atoms with van der Waals surface area (Å²) in [5, 5.41) is 0. The minimum atomic E-state index is -0.333. The molecule has 0 radical (unpaired) electrons. The zero-order valence-corrected chi connectivity index (χ0v) is 6.95. The monoisotopic (exact) mass is 164 g/mol. The fraction of sp³-hybridized carbons (Fsp3) is 0.222. The lowest BCUT2D eigenvalue weighted by Crippen LogP contribution is -2.18. The molecule has 64 valence electrons. The molecule has 1 rings (SSSR count). The molecule has 0 aliphatic rings. The van der Waals surface area contributed by atoms with E-state index in [1.807, 2.05) is 12.1 Å². The van der Waals surface area contributed by atoms with E-state index >= 15 is 0 Å². The largest absolute Gasteiger partial charge is 0.399 e.